The molecular weight excluding hydrogens is 272 g/mol. The highest BCUT2D eigenvalue weighted by atomic mass is 16.6. The fourth-order valence-electron chi connectivity index (χ4n) is 2.10. The molecule has 122 valence electrons. The molecule has 1 saturated heterocycles. The number of nitrogens with one attached hydrogen (secondary N) is 1. The molecule has 1 N–H and O–H groups in total. The molecule has 0 aliphatic carbocycles. The van der Waals surface area contributed by atoms with E-state index in [-0.39, 0.29) is 11.8 Å². The summed E-state index contributed by atoms with van der Waals surface area (Å²) in [6.45, 7) is 11.6. The number of carbonyl (C=O) groups excluding carboxylic acids is 2. The maximum Gasteiger partial charge on any atom is 0.408 e. The molecule has 1 fully saturated rings. The van der Waals surface area contributed by atoms with Crippen molar-refractivity contribution < 1.29 is 19.1 Å². The van der Waals surface area contributed by atoms with Crippen molar-refractivity contribution in [1.29, 1.82) is 0 Å². The van der Waals surface area contributed by atoms with Crippen molar-refractivity contribution in [1.82, 2.24) is 10.2 Å². The number of nitrogens with zero attached hydrogens (tertiary/aromatic N) is 1. The molecule has 0 aromatic heterocycles. The second-order valence-corrected chi connectivity index (χ2v) is 6.45. The zero-order valence-electron chi connectivity index (χ0n) is 13.8. The number of morpholine rings is 1. The Morgan fingerprint density at radius 1 is 1.29 bits per heavy atom. The second-order valence-electron chi connectivity index (χ2n) is 6.45. The molecule has 21 heavy (non-hydrogen) atoms. The largest absolute Gasteiger partial charge is 0.444 e. The summed E-state index contributed by atoms with van der Waals surface area (Å²) >= 11 is 0. The average Bonchev–Trinajstić information content (AvgIpc) is 2.42. The fraction of sp³-hybridized carbons (Fsp3) is 0.867. The molecule has 0 aromatic carbocycles. The van der Waals surface area contributed by atoms with Crippen LogP contribution in [0.15, 0.2) is 0 Å². The minimum atomic E-state index is -0.577. The van der Waals surface area contributed by atoms with Crippen LogP contribution in [-0.2, 0) is 14.3 Å². The standard InChI is InChI=1S/C15H28N2O4/c1-6-11(2)12(16-14(19)21-15(3,4)5)13(18)17-7-9-20-10-8-17/h11-12H,6-10H2,1-5H3,(H,16,19)/t11?,12-/m1/s1. The van der Waals surface area contributed by atoms with Crippen molar-refractivity contribution in [2.75, 3.05) is 26.3 Å². The Labute approximate surface area is 127 Å². The van der Waals surface area contributed by atoms with Gasteiger partial charge in [0.1, 0.15) is 11.6 Å². The van der Waals surface area contributed by atoms with Gasteiger partial charge in [0.2, 0.25) is 5.91 Å². The Morgan fingerprint density at radius 3 is 2.33 bits per heavy atom. The first kappa shape index (κ1) is 17.8. The Kier molecular flexibility index (Phi) is 6.45. The van der Waals surface area contributed by atoms with E-state index in [4.69, 9.17) is 9.47 Å². The highest BCUT2D eigenvalue weighted by Crippen LogP contribution is 2.14. The lowest BCUT2D eigenvalue weighted by atomic mass is 9.98. The molecule has 1 rings (SSSR count). The Balaban J connectivity index is 2.70. The van der Waals surface area contributed by atoms with E-state index in [1.807, 2.05) is 13.8 Å². The Morgan fingerprint density at radius 2 is 1.86 bits per heavy atom. The molecule has 0 bridgehead atoms. The summed E-state index contributed by atoms with van der Waals surface area (Å²) in [6.07, 6.45) is 0.255. The molecule has 1 aliphatic heterocycles. The lowest BCUT2D eigenvalue weighted by Crippen LogP contribution is -2.54. The van der Waals surface area contributed by atoms with Gasteiger partial charge in [-0.3, -0.25) is 4.79 Å². The van der Waals surface area contributed by atoms with Crippen LogP contribution in [0, 0.1) is 5.92 Å². The van der Waals surface area contributed by atoms with Crippen LogP contribution in [-0.4, -0.2) is 54.8 Å². The Bertz CT molecular complexity index is 359. The van der Waals surface area contributed by atoms with Crippen molar-refractivity contribution >= 4 is 12.0 Å². The van der Waals surface area contributed by atoms with E-state index < -0.39 is 17.7 Å². The van der Waals surface area contributed by atoms with E-state index in [1.165, 1.54) is 0 Å². The molecule has 0 spiro atoms. The van der Waals surface area contributed by atoms with Gasteiger partial charge in [-0.05, 0) is 26.7 Å². The van der Waals surface area contributed by atoms with Gasteiger partial charge < -0.3 is 19.7 Å². The molecule has 0 saturated carbocycles. The van der Waals surface area contributed by atoms with Crippen molar-refractivity contribution in [2.45, 2.75) is 52.7 Å². The van der Waals surface area contributed by atoms with Gasteiger partial charge in [0, 0.05) is 13.1 Å². The lowest BCUT2D eigenvalue weighted by Gasteiger charge is -2.33. The van der Waals surface area contributed by atoms with Crippen molar-refractivity contribution in [3.8, 4) is 0 Å². The minimum Gasteiger partial charge on any atom is -0.444 e. The number of hydrogen-bond acceptors (Lipinski definition) is 4. The number of carbonyl (C=O) groups is 2. The zero-order valence-corrected chi connectivity index (χ0v) is 13.8. The van der Waals surface area contributed by atoms with Crippen LogP contribution in [0.5, 0.6) is 0 Å². The molecular formula is C15H28N2O4. The maximum atomic E-state index is 12.6. The van der Waals surface area contributed by atoms with Gasteiger partial charge in [0.05, 0.1) is 13.2 Å². The highest BCUT2D eigenvalue weighted by molar-refractivity contribution is 5.86. The third-order valence-electron chi connectivity index (χ3n) is 3.47. The van der Waals surface area contributed by atoms with E-state index in [0.717, 1.165) is 6.42 Å². The predicted molar refractivity (Wildman–Crippen MR) is 80.0 cm³/mol. The van der Waals surface area contributed by atoms with Crippen LogP contribution in [0.4, 0.5) is 4.79 Å². The van der Waals surface area contributed by atoms with Gasteiger partial charge >= 0.3 is 6.09 Å². The SMILES string of the molecule is CCC(C)[C@@H](NC(=O)OC(C)(C)C)C(=O)N1CCOCC1. The van der Waals surface area contributed by atoms with Gasteiger partial charge in [0.15, 0.2) is 0 Å². The van der Waals surface area contributed by atoms with Gasteiger partial charge in [-0.25, -0.2) is 4.79 Å². The van der Waals surface area contributed by atoms with E-state index in [0.29, 0.717) is 26.3 Å². The number of ether oxygens (including phenoxy) is 2. The third-order valence-corrected chi connectivity index (χ3v) is 3.47. The molecule has 6 heteroatoms. The van der Waals surface area contributed by atoms with Crippen LogP contribution in [0.3, 0.4) is 0 Å². The van der Waals surface area contributed by atoms with Gasteiger partial charge in [-0.15, -0.1) is 0 Å². The second kappa shape index (κ2) is 7.64. The smallest absolute Gasteiger partial charge is 0.408 e. The third kappa shape index (κ3) is 5.91. The summed E-state index contributed by atoms with van der Waals surface area (Å²) < 4.78 is 10.5. The van der Waals surface area contributed by atoms with Crippen LogP contribution >= 0.6 is 0 Å². The molecule has 2 amide bonds. The van der Waals surface area contributed by atoms with Crippen LogP contribution < -0.4 is 5.32 Å². The van der Waals surface area contributed by atoms with Crippen molar-refractivity contribution in [3.63, 3.8) is 0 Å². The quantitative estimate of drug-likeness (QED) is 0.859. The topological polar surface area (TPSA) is 67.9 Å². The molecule has 1 unspecified atom stereocenters. The summed E-state index contributed by atoms with van der Waals surface area (Å²) in [5.74, 6) is -0.00799. The van der Waals surface area contributed by atoms with Gasteiger partial charge in [-0.2, -0.15) is 0 Å². The number of alkyl carbamates (subject to hydrolysis) is 1. The molecule has 0 aromatic rings. The molecule has 6 nitrogen and oxygen atoms in total. The molecule has 1 heterocycles. The van der Waals surface area contributed by atoms with Gasteiger partial charge in [0.25, 0.3) is 0 Å². The summed E-state index contributed by atoms with van der Waals surface area (Å²) in [5.41, 5.74) is -0.577. The average molecular weight is 300 g/mol. The molecule has 0 radical (unpaired) electrons. The number of hydrogen-bond donors (Lipinski definition) is 1. The summed E-state index contributed by atoms with van der Waals surface area (Å²) in [5, 5.41) is 2.73. The van der Waals surface area contributed by atoms with Crippen LogP contribution in [0.2, 0.25) is 0 Å². The predicted octanol–water partition coefficient (Wildman–Crippen LogP) is 1.78. The summed E-state index contributed by atoms with van der Waals surface area (Å²) in [6, 6.07) is -0.553. The maximum absolute atomic E-state index is 12.6. The molecule has 2 atom stereocenters. The zero-order chi connectivity index (χ0) is 16.0. The monoisotopic (exact) mass is 300 g/mol. The lowest BCUT2D eigenvalue weighted by molar-refractivity contribution is -0.138. The fourth-order valence-corrected chi connectivity index (χ4v) is 2.10. The van der Waals surface area contributed by atoms with E-state index in [2.05, 4.69) is 5.32 Å². The van der Waals surface area contributed by atoms with E-state index >= 15 is 0 Å². The summed E-state index contributed by atoms with van der Waals surface area (Å²) in [4.78, 5) is 26.3. The normalized spacial score (nSPS) is 18.8. The summed E-state index contributed by atoms with van der Waals surface area (Å²) in [7, 11) is 0. The van der Waals surface area contributed by atoms with Crippen LogP contribution in [0.25, 0.3) is 0 Å². The highest BCUT2D eigenvalue weighted by Gasteiger charge is 2.32. The number of rotatable bonds is 4. The van der Waals surface area contributed by atoms with Crippen LogP contribution in [0.1, 0.15) is 41.0 Å². The first-order valence-electron chi connectivity index (χ1n) is 7.60. The molecule has 1 aliphatic rings. The van der Waals surface area contributed by atoms with Crippen molar-refractivity contribution in [3.05, 3.63) is 0 Å². The number of amides is 2. The van der Waals surface area contributed by atoms with E-state index in [1.54, 1.807) is 25.7 Å². The van der Waals surface area contributed by atoms with Gasteiger partial charge in [-0.1, -0.05) is 20.3 Å². The first-order valence-corrected chi connectivity index (χ1v) is 7.60. The Hall–Kier alpha value is -1.30. The van der Waals surface area contributed by atoms with E-state index in [9.17, 15) is 9.59 Å². The minimum absolute atomic E-state index is 0.0489. The van der Waals surface area contributed by atoms with Crippen molar-refractivity contribution in [2.24, 2.45) is 5.92 Å². The first-order chi connectivity index (χ1) is 9.74.